The number of nitro benzene ring substituents is 1. The standard InChI is InChI=1S/C15H21N3O5/c1-3-23-14-7-12(18(20)21)10(6-13(14)22-2)15(19)17-11(8-16)9-4-5-9/h6-7,9,11H,3-5,8,16H2,1-2H3,(H,17,19). The maximum absolute atomic E-state index is 12.4. The molecule has 1 fully saturated rings. The molecule has 8 nitrogen and oxygen atoms in total. The van der Waals surface area contributed by atoms with Crippen LogP contribution in [0, 0.1) is 16.0 Å². The number of rotatable bonds is 8. The Kier molecular flexibility index (Phi) is 5.38. The zero-order valence-corrected chi connectivity index (χ0v) is 13.2. The number of hydrogen-bond donors (Lipinski definition) is 2. The Balaban J connectivity index is 2.34. The third kappa shape index (κ3) is 3.89. The van der Waals surface area contributed by atoms with Gasteiger partial charge in [-0.15, -0.1) is 0 Å². The smallest absolute Gasteiger partial charge is 0.286 e. The van der Waals surface area contributed by atoms with Crippen LogP contribution in [0.15, 0.2) is 12.1 Å². The molecule has 0 bridgehead atoms. The second kappa shape index (κ2) is 7.28. The molecule has 1 saturated carbocycles. The lowest BCUT2D eigenvalue weighted by molar-refractivity contribution is -0.385. The molecule has 1 atom stereocenters. The highest BCUT2D eigenvalue weighted by molar-refractivity contribution is 5.99. The highest BCUT2D eigenvalue weighted by atomic mass is 16.6. The van der Waals surface area contributed by atoms with E-state index in [4.69, 9.17) is 15.2 Å². The molecule has 0 aliphatic heterocycles. The number of carbonyl (C=O) groups excluding carboxylic acids is 1. The topological polar surface area (TPSA) is 117 Å². The Morgan fingerprint density at radius 2 is 2.17 bits per heavy atom. The lowest BCUT2D eigenvalue weighted by Gasteiger charge is -2.17. The summed E-state index contributed by atoms with van der Waals surface area (Å²) in [4.78, 5) is 23.1. The number of carbonyl (C=O) groups is 1. The Labute approximate surface area is 134 Å². The summed E-state index contributed by atoms with van der Waals surface area (Å²) < 4.78 is 10.5. The van der Waals surface area contributed by atoms with Crippen molar-refractivity contribution < 1.29 is 19.2 Å². The first-order chi connectivity index (χ1) is 11.0. The summed E-state index contributed by atoms with van der Waals surface area (Å²) in [6.07, 6.45) is 2.02. The van der Waals surface area contributed by atoms with Gasteiger partial charge in [-0.25, -0.2) is 0 Å². The largest absolute Gasteiger partial charge is 0.493 e. The summed E-state index contributed by atoms with van der Waals surface area (Å²) in [7, 11) is 1.41. The molecule has 1 aliphatic carbocycles. The van der Waals surface area contributed by atoms with Gasteiger partial charge in [-0.05, 0) is 25.7 Å². The zero-order valence-electron chi connectivity index (χ0n) is 13.2. The fourth-order valence-electron chi connectivity index (χ4n) is 2.42. The molecule has 0 aromatic heterocycles. The minimum absolute atomic E-state index is 0.0607. The Hall–Kier alpha value is -2.35. The summed E-state index contributed by atoms with van der Waals surface area (Å²) in [5.41, 5.74) is 5.28. The predicted octanol–water partition coefficient (Wildman–Crippen LogP) is 1.47. The molecule has 1 aromatic rings. The van der Waals surface area contributed by atoms with Gasteiger partial charge in [0.05, 0.1) is 24.7 Å². The van der Waals surface area contributed by atoms with Crippen LogP contribution < -0.4 is 20.5 Å². The van der Waals surface area contributed by atoms with E-state index < -0.39 is 10.8 Å². The van der Waals surface area contributed by atoms with E-state index in [0.717, 1.165) is 12.8 Å². The van der Waals surface area contributed by atoms with Crippen LogP contribution in [0.3, 0.4) is 0 Å². The summed E-state index contributed by atoms with van der Waals surface area (Å²) in [5, 5.41) is 14.1. The lowest BCUT2D eigenvalue weighted by Crippen LogP contribution is -2.41. The molecule has 1 aromatic carbocycles. The van der Waals surface area contributed by atoms with E-state index in [9.17, 15) is 14.9 Å². The van der Waals surface area contributed by atoms with Gasteiger partial charge in [0, 0.05) is 18.7 Å². The molecule has 1 unspecified atom stereocenters. The van der Waals surface area contributed by atoms with Gasteiger partial charge < -0.3 is 20.5 Å². The van der Waals surface area contributed by atoms with E-state index in [1.54, 1.807) is 6.92 Å². The van der Waals surface area contributed by atoms with Crippen LogP contribution in [0.4, 0.5) is 5.69 Å². The Bertz CT molecular complexity index is 601. The van der Waals surface area contributed by atoms with Crippen LogP contribution >= 0.6 is 0 Å². The SMILES string of the molecule is CCOc1cc([N+](=O)[O-])c(C(=O)NC(CN)C2CC2)cc1OC. The van der Waals surface area contributed by atoms with E-state index in [1.165, 1.54) is 19.2 Å². The molecule has 0 radical (unpaired) electrons. The first kappa shape index (κ1) is 17.0. The number of benzene rings is 1. The Morgan fingerprint density at radius 1 is 1.48 bits per heavy atom. The molecule has 0 heterocycles. The van der Waals surface area contributed by atoms with Gasteiger partial charge >= 0.3 is 0 Å². The third-order valence-corrected chi connectivity index (χ3v) is 3.78. The molecule has 8 heteroatoms. The Morgan fingerprint density at radius 3 is 2.65 bits per heavy atom. The van der Waals surface area contributed by atoms with Crippen molar-refractivity contribution in [2.45, 2.75) is 25.8 Å². The second-order valence-electron chi connectivity index (χ2n) is 5.36. The van der Waals surface area contributed by atoms with Crippen molar-refractivity contribution in [3.63, 3.8) is 0 Å². The van der Waals surface area contributed by atoms with Crippen molar-refractivity contribution >= 4 is 11.6 Å². The normalized spacial score (nSPS) is 14.9. The molecular formula is C15H21N3O5. The van der Waals surface area contributed by atoms with Gasteiger partial charge in [-0.3, -0.25) is 14.9 Å². The molecule has 0 spiro atoms. The predicted molar refractivity (Wildman–Crippen MR) is 83.9 cm³/mol. The van der Waals surface area contributed by atoms with Crippen LogP contribution in [0.1, 0.15) is 30.1 Å². The first-order valence-corrected chi connectivity index (χ1v) is 7.51. The monoisotopic (exact) mass is 323 g/mol. The number of nitrogens with two attached hydrogens (primary N) is 1. The van der Waals surface area contributed by atoms with E-state index in [-0.39, 0.29) is 28.8 Å². The van der Waals surface area contributed by atoms with Gasteiger partial charge in [0.1, 0.15) is 5.56 Å². The van der Waals surface area contributed by atoms with E-state index in [0.29, 0.717) is 19.1 Å². The maximum Gasteiger partial charge on any atom is 0.286 e. The fourth-order valence-corrected chi connectivity index (χ4v) is 2.42. The van der Waals surface area contributed by atoms with Crippen LogP contribution in [-0.2, 0) is 0 Å². The maximum atomic E-state index is 12.4. The number of nitrogens with zero attached hydrogens (tertiary/aromatic N) is 1. The minimum atomic E-state index is -0.606. The van der Waals surface area contributed by atoms with Crippen molar-refractivity contribution in [2.24, 2.45) is 11.7 Å². The van der Waals surface area contributed by atoms with Crippen LogP contribution in [0.25, 0.3) is 0 Å². The van der Waals surface area contributed by atoms with E-state index >= 15 is 0 Å². The van der Waals surface area contributed by atoms with Crippen molar-refractivity contribution in [1.29, 1.82) is 0 Å². The second-order valence-corrected chi connectivity index (χ2v) is 5.36. The number of ether oxygens (including phenoxy) is 2. The molecule has 1 amide bonds. The van der Waals surface area contributed by atoms with Crippen molar-refractivity contribution in [3.05, 3.63) is 27.8 Å². The molecule has 0 saturated heterocycles. The molecule has 3 N–H and O–H groups in total. The average Bonchev–Trinajstić information content (AvgIpc) is 3.36. The number of amides is 1. The highest BCUT2D eigenvalue weighted by Crippen LogP contribution is 2.36. The van der Waals surface area contributed by atoms with Crippen LogP contribution in [0.5, 0.6) is 11.5 Å². The van der Waals surface area contributed by atoms with Gasteiger partial charge in [0.15, 0.2) is 11.5 Å². The minimum Gasteiger partial charge on any atom is -0.493 e. The van der Waals surface area contributed by atoms with Crippen molar-refractivity contribution in [1.82, 2.24) is 5.32 Å². The molecule has 126 valence electrons. The number of nitro groups is 1. The van der Waals surface area contributed by atoms with Gasteiger partial charge in [-0.2, -0.15) is 0 Å². The molecule has 2 rings (SSSR count). The van der Waals surface area contributed by atoms with E-state index in [2.05, 4.69) is 5.32 Å². The highest BCUT2D eigenvalue weighted by Gasteiger charge is 2.33. The summed E-state index contributed by atoms with van der Waals surface area (Å²) in [6, 6.07) is 2.38. The number of hydrogen-bond acceptors (Lipinski definition) is 6. The number of nitrogens with one attached hydrogen (secondary N) is 1. The van der Waals surface area contributed by atoms with E-state index in [1.807, 2.05) is 0 Å². The zero-order chi connectivity index (χ0) is 17.0. The van der Waals surface area contributed by atoms with Gasteiger partial charge in [0.2, 0.25) is 0 Å². The van der Waals surface area contributed by atoms with Crippen molar-refractivity contribution in [2.75, 3.05) is 20.3 Å². The van der Waals surface area contributed by atoms with Crippen LogP contribution in [-0.4, -0.2) is 37.1 Å². The fraction of sp³-hybridized carbons (Fsp3) is 0.533. The summed E-state index contributed by atoms with van der Waals surface area (Å²) in [5.74, 6) is 0.335. The van der Waals surface area contributed by atoms with Gasteiger partial charge in [-0.1, -0.05) is 0 Å². The lowest BCUT2D eigenvalue weighted by atomic mass is 10.1. The quantitative estimate of drug-likeness (QED) is 0.552. The molecular weight excluding hydrogens is 302 g/mol. The first-order valence-electron chi connectivity index (χ1n) is 7.51. The summed E-state index contributed by atoms with van der Waals surface area (Å²) >= 11 is 0. The van der Waals surface area contributed by atoms with Crippen molar-refractivity contribution in [3.8, 4) is 11.5 Å². The summed E-state index contributed by atoms with van der Waals surface area (Å²) in [6.45, 7) is 2.39. The average molecular weight is 323 g/mol. The van der Waals surface area contributed by atoms with Gasteiger partial charge in [0.25, 0.3) is 11.6 Å². The third-order valence-electron chi connectivity index (χ3n) is 3.78. The molecule has 23 heavy (non-hydrogen) atoms. The van der Waals surface area contributed by atoms with Crippen LogP contribution in [0.2, 0.25) is 0 Å². The number of methoxy groups -OCH3 is 1. The molecule has 1 aliphatic rings.